The first-order valence-electron chi connectivity index (χ1n) is 9.58. The molecule has 3 aliphatic rings. The Morgan fingerprint density at radius 3 is 2.92 bits per heavy atom. The highest BCUT2D eigenvalue weighted by Crippen LogP contribution is 2.60. The first kappa shape index (κ1) is 16.6. The maximum absolute atomic E-state index is 12.7. The van der Waals surface area contributed by atoms with Gasteiger partial charge >= 0.3 is 0 Å². The number of amides is 1. The van der Waals surface area contributed by atoms with Crippen LogP contribution in [0.2, 0.25) is 0 Å². The van der Waals surface area contributed by atoms with Crippen molar-refractivity contribution in [3.8, 4) is 5.75 Å². The first-order chi connectivity index (χ1) is 11.9. The number of benzene rings is 1. The molecule has 0 heterocycles. The van der Waals surface area contributed by atoms with Crippen molar-refractivity contribution in [2.45, 2.75) is 64.3 Å². The molecule has 4 nitrogen and oxygen atoms in total. The molecule has 2 saturated carbocycles. The second-order valence-corrected chi connectivity index (χ2v) is 8.37. The zero-order valence-corrected chi connectivity index (χ0v) is 15.0. The molecule has 5 atom stereocenters. The summed E-state index contributed by atoms with van der Waals surface area (Å²) in [6, 6.07) is 5.46. The lowest BCUT2D eigenvalue weighted by molar-refractivity contribution is -0.128. The number of hydrogen-bond acceptors (Lipinski definition) is 3. The monoisotopic (exact) mass is 341 g/mol. The summed E-state index contributed by atoms with van der Waals surface area (Å²) < 4.78 is 0. The van der Waals surface area contributed by atoms with Crippen LogP contribution in [0.1, 0.15) is 63.0 Å². The summed E-state index contributed by atoms with van der Waals surface area (Å²) in [5, 5.41) is 12.8. The van der Waals surface area contributed by atoms with E-state index in [2.05, 4.69) is 18.3 Å². The fourth-order valence-corrected chi connectivity index (χ4v) is 5.87. The first-order valence-corrected chi connectivity index (χ1v) is 9.58. The van der Waals surface area contributed by atoms with E-state index in [0.29, 0.717) is 36.3 Å². The number of rotatable bonds is 2. The molecule has 0 radical (unpaired) electrons. The molecule has 0 bridgehead atoms. The Morgan fingerprint density at radius 1 is 1.36 bits per heavy atom. The van der Waals surface area contributed by atoms with Crippen molar-refractivity contribution >= 4 is 11.7 Å². The van der Waals surface area contributed by atoms with Gasteiger partial charge in [-0.2, -0.15) is 0 Å². The molecule has 0 spiro atoms. The second-order valence-electron chi connectivity index (χ2n) is 8.37. The standard InChI is InChI=1S/C21H27NO3/c1-3-19(25)22-20-18(24)11-17-16-6-4-12-10-13(23)5-7-14(12)15(16)8-9-21(17,20)2/h5,7,10,15-17,20,23H,3-4,6,8-9,11H2,1-2H3,(H,22,25)/t15-,16-,17+,20+,21+/m1/s1. The van der Waals surface area contributed by atoms with Crippen LogP contribution in [-0.2, 0) is 16.0 Å². The third kappa shape index (κ3) is 2.49. The Bertz CT molecular complexity index is 728. The molecule has 2 fully saturated rings. The predicted molar refractivity (Wildman–Crippen MR) is 95.3 cm³/mol. The molecule has 1 aromatic rings. The Balaban J connectivity index is 1.64. The Hall–Kier alpha value is -1.84. The average Bonchev–Trinajstić information content (AvgIpc) is 2.85. The fourth-order valence-electron chi connectivity index (χ4n) is 5.87. The lowest BCUT2D eigenvalue weighted by Gasteiger charge is -2.50. The molecule has 25 heavy (non-hydrogen) atoms. The van der Waals surface area contributed by atoms with Gasteiger partial charge in [-0.05, 0) is 72.1 Å². The van der Waals surface area contributed by atoms with Crippen LogP contribution in [0.5, 0.6) is 5.75 Å². The van der Waals surface area contributed by atoms with Crippen LogP contribution in [0.15, 0.2) is 18.2 Å². The van der Waals surface area contributed by atoms with E-state index in [1.165, 1.54) is 11.1 Å². The molecule has 1 aromatic carbocycles. The minimum atomic E-state index is -0.313. The Kier molecular flexibility index (Phi) is 3.89. The molecule has 134 valence electrons. The van der Waals surface area contributed by atoms with Gasteiger partial charge in [0.2, 0.25) is 5.91 Å². The van der Waals surface area contributed by atoms with Crippen LogP contribution in [-0.4, -0.2) is 22.8 Å². The molecule has 1 amide bonds. The van der Waals surface area contributed by atoms with Gasteiger partial charge in [-0.3, -0.25) is 9.59 Å². The SMILES string of the molecule is CCC(=O)N[C@H]1C(=O)C[C@H]2[C@@H]3CCc4cc(O)ccc4[C@H]3CC[C@]12C. The molecule has 3 aliphatic carbocycles. The molecule has 0 unspecified atom stereocenters. The summed E-state index contributed by atoms with van der Waals surface area (Å²) in [5.41, 5.74) is 2.52. The molecule has 0 saturated heterocycles. The van der Waals surface area contributed by atoms with Crippen molar-refractivity contribution in [3.63, 3.8) is 0 Å². The highest BCUT2D eigenvalue weighted by Gasteiger charge is 2.58. The van der Waals surface area contributed by atoms with Gasteiger partial charge in [0.05, 0.1) is 6.04 Å². The van der Waals surface area contributed by atoms with Crippen LogP contribution in [0.25, 0.3) is 0 Å². The van der Waals surface area contributed by atoms with Crippen molar-refractivity contribution < 1.29 is 14.7 Å². The van der Waals surface area contributed by atoms with Crippen LogP contribution >= 0.6 is 0 Å². The van der Waals surface area contributed by atoms with E-state index >= 15 is 0 Å². The normalized spacial score (nSPS) is 36.3. The van der Waals surface area contributed by atoms with E-state index in [9.17, 15) is 14.7 Å². The summed E-state index contributed by atoms with van der Waals surface area (Å²) in [7, 11) is 0. The number of carbonyl (C=O) groups excluding carboxylic acids is 2. The number of phenols is 1. The van der Waals surface area contributed by atoms with E-state index in [0.717, 1.165) is 25.7 Å². The summed E-state index contributed by atoms with van der Waals surface area (Å²) in [6.45, 7) is 4.05. The van der Waals surface area contributed by atoms with Crippen LogP contribution in [0.3, 0.4) is 0 Å². The predicted octanol–water partition coefficient (Wildman–Crippen LogP) is 3.32. The van der Waals surface area contributed by atoms with Gasteiger partial charge < -0.3 is 10.4 Å². The summed E-state index contributed by atoms with van der Waals surface area (Å²) in [6.07, 6.45) is 5.09. The topological polar surface area (TPSA) is 66.4 Å². The fraction of sp³-hybridized carbons (Fsp3) is 0.619. The number of carbonyl (C=O) groups is 2. The average molecular weight is 341 g/mol. The van der Waals surface area contributed by atoms with E-state index in [-0.39, 0.29) is 23.1 Å². The summed E-state index contributed by atoms with van der Waals surface area (Å²) in [5.74, 6) is 1.87. The quantitative estimate of drug-likeness (QED) is 0.867. The molecule has 4 heteroatoms. The highest BCUT2D eigenvalue weighted by molar-refractivity contribution is 5.92. The molecular formula is C21H27NO3. The van der Waals surface area contributed by atoms with Crippen molar-refractivity contribution in [1.29, 1.82) is 0 Å². The minimum absolute atomic E-state index is 0.0215. The van der Waals surface area contributed by atoms with Gasteiger partial charge in [-0.15, -0.1) is 0 Å². The summed E-state index contributed by atoms with van der Waals surface area (Å²) in [4.78, 5) is 24.6. The summed E-state index contributed by atoms with van der Waals surface area (Å²) >= 11 is 0. The maximum Gasteiger partial charge on any atom is 0.220 e. The van der Waals surface area contributed by atoms with Crippen molar-refractivity contribution in [2.75, 3.05) is 0 Å². The molecule has 4 rings (SSSR count). The number of aromatic hydroxyl groups is 1. The van der Waals surface area contributed by atoms with Crippen molar-refractivity contribution in [2.24, 2.45) is 17.3 Å². The number of fused-ring (bicyclic) bond motifs is 5. The zero-order chi connectivity index (χ0) is 17.8. The largest absolute Gasteiger partial charge is 0.508 e. The minimum Gasteiger partial charge on any atom is -0.508 e. The number of hydrogen-bond donors (Lipinski definition) is 2. The van der Waals surface area contributed by atoms with Gasteiger partial charge in [0.25, 0.3) is 0 Å². The third-order valence-electron chi connectivity index (χ3n) is 7.18. The van der Waals surface area contributed by atoms with E-state index in [4.69, 9.17) is 0 Å². The number of phenolic OH excluding ortho intramolecular Hbond substituents is 1. The molecule has 0 aromatic heterocycles. The number of aryl methyl sites for hydroxylation is 1. The lowest BCUT2D eigenvalue weighted by atomic mass is 9.55. The maximum atomic E-state index is 12.7. The van der Waals surface area contributed by atoms with E-state index in [1.54, 1.807) is 6.07 Å². The van der Waals surface area contributed by atoms with Crippen molar-refractivity contribution in [3.05, 3.63) is 29.3 Å². The third-order valence-corrected chi connectivity index (χ3v) is 7.18. The Labute approximate surface area is 149 Å². The molecular weight excluding hydrogens is 314 g/mol. The van der Waals surface area contributed by atoms with E-state index in [1.807, 2.05) is 13.0 Å². The van der Waals surface area contributed by atoms with Gasteiger partial charge in [0.1, 0.15) is 5.75 Å². The molecule has 0 aliphatic heterocycles. The van der Waals surface area contributed by atoms with Crippen LogP contribution in [0.4, 0.5) is 0 Å². The Morgan fingerprint density at radius 2 is 2.16 bits per heavy atom. The van der Waals surface area contributed by atoms with Gasteiger partial charge in [0.15, 0.2) is 5.78 Å². The zero-order valence-electron chi connectivity index (χ0n) is 15.0. The van der Waals surface area contributed by atoms with Crippen LogP contribution in [0, 0.1) is 17.3 Å². The van der Waals surface area contributed by atoms with Gasteiger partial charge in [0, 0.05) is 12.8 Å². The van der Waals surface area contributed by atoms with Crippen LogP contribution < -0.4 is 5.32 Å². The molecule has 2 N–H and O–H groups in total. The van der Waals surface area contributed by atoms with Crippen molar-refractivity contribution in [1.82, 2.24) is 5.32 Å². The number of ketones is 1. The van der Waals surface area contributed by atoms with Gasteiger partial charge in [-0.25, -0.2) is 0 Å². The highest BCUT2D eigenvalue weighted by atomic mass is 16.3. The lowest BCUT2D eigenvalue weighted by Crippen LogP contribution is -2.51. The van der Waals surface area contributed by atoms with E-state index < -0.39 is 0 Å². The van der Waals surface area contributed by atoms with Gasteiger partial charge in [-0.1, -0.05) is 19.9 Å². The number of Topliss-reactive ketones (excluding diaryl/α,β-unsaturated/α-hetero) is 1. The smallest absolute Gasteiger partial charge is 0.220 e. The second kappa shape index (κ2) is 5.86. The number of nitrogens with one attached hydrogen (secondary N) is 1.